The monoisotopic (exact) mass is 303 g/mol. The SMILES string of the molecule is Cc1nn(CCC(=O)O)c(C)c1S(=O)(=O)N1CCCO1. The number of aryl methyl sites for hydroxylation is 2. The van der Waals surface area contributed by atoms with Gasteiger partial charge in [0.25, 0.3) is 10.0 Å². The first-order valence-corrected chi connectivity index (χ1v) is 7.69. The molecule has 1 aromatic heterocycles. The van der Waals surface area contributed by atoms with Crippen molar-refractivity contribution >= 4 is 16.0 Å². The number of carboxylic acids is 1. The van der Waals surface area contributed by atoms with Crippen LogP contribution in [0, 0.1) is 13.8 Å². The van der Waals surface area contributed by atoms with E-state index in [0.717, 1.165) is 4.47 Å². The number of sulfonamides is 1. The van der Waals surface area contributed by atoms with Crippen molar-refractivity contribution in [1.82, 2.24) is 14.2 Å². The van der Waals surface area contributed by atoms with E-state index in [2.05, 4.69) is 5.10 Å². The summed E-state index contributed by atoms with van der Waals surface area (Å²) >= 11 is 0. The van der Waals surface area contributed by atoms with Gasteiger partial charge in [-0.1, -0.05) is 4.47 Å². The standard InChI is InChI=1S/C11H17N3O5S/c1-8-11(20(17,18)14-5-3-7-19-14)9(2)13(12-8)6-4-10(15)16/h3-7H2,1-2H3,(H,15,16). The van der Waals surface area contributed by atoms with Crippen LogP contribution in [0.1, 0.15) is 24.2 Å². The molecule has 1 aliphatic heterocycles. The number of hydroxylamine groups is 1. The highest BCUT2D eigenvalue weighted by Gasteiger charge is 2.33. The molecule has 0 unspecified atom stereocenters. The third-order valence-corrected chi connectivity index (χ3v) is 5.03. The van der Waals surface area contributed by atoms with Gasteiger partial charge in [-0.25, -0.2) is 8.42 Å². The lowest BCUT2D eigenvalue weighted by atomic mass is 10.4. The van der Waals surface area contributed by atoms with E-state index < -0.39 is 16.0 Å². The Kier molecular flexibility index (Phi) is 4.11. The predicted molar refractivity (Wildman–Crippen MR) is 68.4 cm³/mol. The van der Waals surface area contributed by atoms with Crippen LogP contribution in [0.3, 0.4) is 0 Å². The first kappa shape index (κ1) is 14.9. The van der Waals surface area contributed by atoms with Gasteiger partial charge in [0.2, 0.25) is 0 Å². The van der Waals surface area contributed by atoms with Gasteiger partial charge < -0.3 is 5.11 Å². The Hall–Kier alpha value is -1.45. The van der Waals surface area contributed by atoms with Crippen LogP contribution in [0.5, 0.6) is 0 Å². The van der Waals surface area contributed by atoms with Crippen LogP contribution in [0.25, 0.3) is 0 Å². The van der Waals surface area contributed by atoms with Gasteiger partial charge in [-0.15, -0.1) is 0 Å². The number of aliphatic carboxylic acids is 1. The van der Waals surface area contributed by atoms with E-state index in [1.807, 2.05) is 0 Å². The molecule has 1 aromatic rings. The van der Waals surface area contributed by atoms with Crippen molar-refractivity contribution < 1.29 is 23.2 Å². The number of rotatable bonds is 5. The molecular weight excluding hydrogens is 286 g/mol. The van der Waals surface area contributed by atoms with Crippen molar-refractivity contribution in [3.05, 3.63) is 11.4 Å². The smallest absolute Gasteiger partial charge is 0.305 e. The molecule has 1 fully saturated rings. The normalized spacial score (nSPS) is 16.7. The lowest BCUT2D eigenvalue weighted by Gasteiger charge is -2.14. The Morgan fingerprint density at radius 2 is 2.15 bits per heavy atom. The van der Waals surface area contributed by atoms with Gasteiger partial charge in [-0.2, -0.15) is 5.10 Å². The summed E-state index contributed by atoms with van der Waals surface area (Å²) in [6, 6.07) is 0. The summed E-state index contributed by atoms with van der Waals surface area (Å²) in [6.45, 7) is 4.04. The van der Waals surface area contributed by atoms with Gasteiger partial charge in [-0.3, -0.25) is 14.3 Å². The largest absolute Gasteiger partial charge is 0.481 e. The Morgan fingerprint density at radius 3 is 2.70 bits per heavy atom. The first-order chi connectivity index (χ1) is 9.34. The van der Waals surface area contributed by atoms with E-state index in [1.165, 1.54) is 4.68 Å². The summed E-state index contributed by atoms with van der Waals surface area (Å²) in [5.74, 6) is -0.954. The third-order valence-electron chi connectivity index (χ3n) is 3.10. The average molecular weight is 303 g/mol. The van der Waals surface area contributed by atoms with Crippen LogP contribution in [-0.4, -0.2) is 46.9 Å². The van der Waals surface area contributed by atoms with Crippen molar-refractivity contribution in [3.63, 3.8) is 0 Å². The summed E-state index contributed by atoms with van der Waals surface area (Å²) in [7, 11) is -3.74. The molecule has 0 bridgehead atoms. The van der Waals surface area contributed by atoms with Crippen LogP contribution in [0.4, 0.5) is 0 Å². The number of carboxylic acid groups (broad SMARTS) is 1. The number of hydrogen-bond donors (Lipinski definition) is 1. The predicted octanol–water partition coefficient (Wildman–Crippen LogP) is 0.301. The van der Waals surface area contributed by atoms with Crippen molar-refractivity contribution in [1.29, 1.82) is 0 Å². The Morgan fingerprint density at radius 1 is 1.45 bits per heavy atom. The van der Waals surface area contributed by atoms with Gasteiger partial charge in [0.1, 0.15) is 4.90 Å². The van der Waals surface area contributed by atoms with Crippen LogP contribution in [-0.2, 0) is 26.2 Å². The molecule has 0 saturated carbocycles. The molecule has 0 radical (unpaired) electrons. The zero-order valence-corrected chi connectivity index (χ0v) is 12.2. The minimum atomic E-state index is -3.74. The molecule has 0 atom stereocenters. The molecule has 0 aromatic carbocycles. The lowest BCUT2D eigenvalue weighted by Crippen LogP contribution is -2.27. The van der Waals surface area contributed by atoms with Crippen molar-refractivity contribution in [2.75, 3.05) is 13.2 Å². The summed E-state index contributed by atoms with van der Waals surface area (Å²) < 4.78 is 27.3. The molecule has 2 heterocycles. The number of carbonyl (C=O) groups is 1. The molecule has 20 heavy (non-hydrogen) atoms. The Balaban J connectivity index is 2.34. The molecular formula is C11H17N3O5S. The molecule has 8 nitrogen and oxygen atoms in total. The second-order valence-corrected chi connectivity index (χ2v) is 6.35. The Labute approximate surface area is 116 Å². The fourth-order valence-corrected chi connectivity index (χ4v) is 3.87. The summed E-state index contributed by atoms with van der Waals surface area (Å²) in [6.07, 6.45) is 0.548. The van der Waals surface area contributed by atoms with Gasteiger partial charge in [0.05, 0.1) is 31.0 Å². The molecule has 1 N–H and O–H groups in total. The fraction of sp³-hybridized carbons (Fsp3) is 0.636. The molecule has 112 valence electrons. The van der Waals surface area contributed by atoms with E-state index >= 15 is 0 Å². The molecule has 0 spiro atoms. The zero-order chi connectivity index (χ0) is 14.9. The van der Waals surface area contributed by atoms with Crippen LogP contribution >= 0.6 is 0 Å². The van der Waals surface area contributed by atoms with Crippen LogP contribution in [0.15, 0.2) is 4.90 Å². The summed E-state index contributed by atoms with van der Waals surface area (Å²) in [4.78, 5) is 15.8. The minimum Gasteiger partial charge on any atom is -0.481 e. The third kappa shape index (κ3) is 2.69. The lowest BCUT2D eigenvalue weighted by molar-refractivity contribution is -0.137. The van der Waals surface area contributed by atoms with Gasteiger partial charge >= 0.3 is 5.97 Å². The van der Waals surface area contributed by atoms with Crippen LogP contribution < -0.4 is 0 Å². The quantitative estimate of drug-likeness (QED) is 0.839. The van der Waals surface area contributed by atoms with E-state index in [-0.39, 0.29) is 17.9 Å². The topological polar surface area (TPSA) is 102 Å². The number of hydrogen-bond acceptors (Lipinski definition) is 5. The highest BCUT2D eigenvalue weighted by molar-refractivity contribution is 7.89. The van der Waals surface area contributed by atoms with Crippen molar-refractivity contribution in [3.8, 4) is 0 Å². The molecule has 1 aliphatic rings. The number of aromatic nitrogens is 2. The van der Waals surface area contributed by atoms with Crippen molar-refractivity contribution in [2.45, 2.75) is 38.1 Å². The maximum atomic E-state index is 12.5. The summed E-state index contributed by atoms with van der Waals surface area (Å²) in [5, 5.41) is 12.8. The maximum absolute atomic E-state index is 12.5. The van der Waals surface area contributed by atoms with Crippen molar-refractivity contribution in [2.24, 2.45) is 0 Å². The fourth-order valence-electron chi connectivity index (χ4n) is 2.19. The molecule has 0 aliphatic carbocycles. The second kappa shape index (κ2) is 5.51. The Bertz CT molecular complexity index is 616. The highest BCUT2D eigenvalue weighted by atomic mass is 32.2. The number of nitrogens with zero attached hydrogens (tertiary/aromatic N) is 3. The molecule has 9 heteroatoms. The molecule has 0 amide bonds. The first-order valence-electron chi connectivity index (χ1n) is 6.25. The highest BCUT2D eigenvalue weighted by Crippen LogP contribution is 2.25. The van der Waals surface area contributed by atoms with Gasteiger partial charge in [0, 0.05) is 6.54 Å². The molecule has 2 rings (SSSR count). The summed E-state index contributed by atoms with van der Waals surface area (Å²) in [5.41, 5.74) is 0.780. The van der Waals surface area contributed by atoms with E-state index in [1.54, 1.807) is 13.8 Å². The van der Waals surface area contributed by atoms with E-state index in [4.69, 9.17) is 9.94 Å². The zero-order valence-electron chi connectivity index (χ0n) is 11.4. The van der Waals surface area contributed by atoms with Crippen LogP contribution in [0.2, 0.25) is 0 Å². The average Bonchev–Trinajstić information content (AvgIpc) is 2.95. The minimum absolute atomic E-state index is 0.102. The van der Waals surface area contributed by atoms with Gasteiger partial charge in [0.15, 0.2) is 0 Å². The second-order valence-electron chi connectivity index (χ2n) is 4.59. The van der Waals surface area contributed by atoms with E-state index in [0.29, 0.717) is 31.0 Å². The molecule has 1 saturated heterocycles. The maximum Gasteiger partial charge on any atom is 0.305 e. The van der Waals surface area contributed by atoms with E-state index in [9.17, 15) is 13.2 Å². The van der Waals surface area contributed by atoms with Gasteiger partial charge in [-0.05, 0) is 20.3 Å².